The number of aromatic nitrogens is 2. The van der Waals surface area contributed by atoms with Crippen LogP contribution >= 0.6 is 11.6 Å². The van der Waals surface area contributed by atoms with Gasteiger partial charge in [0.15, 0.2) is 0 Å². The molecule has 0 saturated heterocycles. The first-order chi connectivity index (χ1) is 7.72. The van der Waals surface area contributed by atoms with Gasteiger partial charge in [0.05, 0.1) is 10.6 Å². The van der Waals surface area contributed by atoms with Crippen molar-refractivity contribution >= 4 is 11.6 Å². The molecule has 16 heavy (non-hydrogen) atoms. The molecule has 2 rings (SSSR count). The summed E-state index contributed by atoms with van der Waals surface area (Å²) in [6, 6.07) is 4.41. The minimum atomic E-state index is -0.516. The van der Waals surface area contributed by atoms with Gasteiger partial charge in [-0.15, -0.1) is 10.2 Å². The predicted molar refractivity (Wildman–Crippen MR) is 57.5 cm³/mol. The molecule has 6 heteroatoms. The van der Waals surface area contributed by atoms with Gasteiger partial charge in [0.1, 0.15) is 5.82 Å². The molecule has 2 aromatic rings. The largest absolute Gasteiger partial charge is 0.421 e. The zero-order chi connectivity index (χ0) is 11.5. The van der Waals surface area contributed by atoms with Crippen LogP contribution in [-0.2, 0) is 6.42 Å². The number of nitrogens with zero attached hydrogens (tertiary/aromatic N) is 2. The Morgan fingerprint density at radius 3 is 2.94 bits per heavy atom. The van der Waals surface area contributed by atoms with Crippen molar-refractivity contribution in [2.75, 3.05) is 6.54 Å². The van der Waals surface area contributed by atoms with Gasteiger partial charge in [-0.3, -0.25) is 0 Å². The van der Waals surface area contributed by atoms with Crippen molar-refractivity contribution < 1.29 is 8.81 Å². The Morgan fingerprint density at radius 2 is 2.19 bits per heavy atom. The average Bonchev–Trinajstić information content (AvgIpc) is 2.71. The highest BCUT2D eigenvalue weighted by Gasteiger charge is 2.13. The van der Waals surface area contributed by atoms with E-state index < -0.39 is 5.82 Å². The van der Waals surface area contributed by atoms with Crippen molar-refractivity contribution in [2.45, 2.75) is 6.42 Å². The average molecular weight is 242 g/mol. The highest BCUT2D eigenvalue weighted by molar-refractivity contribution is 6.33. The van der Waals surface area contributed by atoms with Crippen molar-refractivity contribution in [2.24, 2.45) is 5.73 Å². The Kier molecular flexibility index (Phi) is 3.17. The van der Waals surface area contributed by atoms with Gasteiger partial charge in [-0.2, -0.15) is 0 Å². The molecule has 0 fully saturated rings. The van der Waals surface area contributed by atoms with E-state index in [-0.39, 0.29) is 10.9 Å². The first kappa shape index (κ1) is 11.0. The smallest absolute Gasteiger partial charge is 0.249 e. The molecule has 1 aromatic carbocycles. The van der Waals surface area contributed by atoms with Gasteiger partial charge in [-0.25, -0.2) is 4.39 Å². The molecule has 84 valence electrons. The van der Waals surface area contributed by atoms with Crippen molar-refractivity contribution in [1.82, 2.24) is 10.2 Å². The third kappa shape index (κ3) is 2.05. The third-order valence-corrected chi connectivity index (χ3v) is 2.39. The summed E-state index contributed by atoms with van der Waals surface area (Å²) in [5.74, 6) is 0.100. The molecule has 0 aliphatic carbocycles. The van der Waals surface area contributed by atoms with E-state index in [1.807, 2.05) is 0 Å². The van der Waals surface area contributed by atoms with Crippen molar-refractivity contribution in [3.8, 4) is 11.5 Å². The quantitative estimate of drug-likeness (QED) is 0.893. The van der Waals surface area contributed by atoms with E-state index in [1.54, 1.807) is 6.07 Å². The molecule has 4 nitrogen and oxygen atoms in total. The third-order valence-electron chi connectivity index (χ3n) is 2.01. The molecule has 2 N–H and O–H groups in total. The number of benzene rings is 1. The van der Waals surface area contributed by atoms with Crippen molar-refractivity contribution in [3.63, 3.8) is 0 Å². The van der Waals surface area contributed by atoms with Crippen LogP contribution in [0.4, 0.5) is 4.39 Å². The zero-order valence-electron chi connectivity index (χ0n) is 8.28. The SMILES string of the molecule is NCCc1nnc(-c2cccc(F)c2Cl)o1. The highest BCUT2D eigenvalue weighted by atomic mass is 35.5. The summed E-state index contributed by atoms with van der Waals surface area (Å²) in [4.78, 5) is 0. The van der Waals surface area contributed by atoms with Crippen molar-refractivity contribution in [1.29, 1.82) is 0 Å². The highest BCUT2D eigenvalue weighted by Crippen LogP contribution is 2.28. The molecule has 0 unspecified atom stereocenters. The predicted octanol–water partition coefficient (Wildman–Crippen LogP) is 2.03. The lowest BCUT2D eigenvalue weighted by Gasteiger charge is -1.98. The van der Waals surface area contributed by atoms with Crippen LogP contribution in [0.3, 0.4) is 0 Å². The number of halogens is 2. The Bertz CT molecular complexity index is 501. The van der Waals surface area contributed by atoms with Crippen LogP contribution in [0.1, 0.15) is 5.89 Å². The number of nitrogens with two attached hydrogens (primary N) is 1. The molecule has 1 heterocycles. The molecule has 0 saturated carbocycles. The molecule has 0 bridgehead atoms. The summed E-state index contributed by atoms with van der Waals surface area (Å²) in [6.07, 6.45) is 0.486. The molecule has 0 aliphatic rings. The first-order valence-electron chi connectivity index (χ1n) is 4.69. The summed E-state index contributed by atoms with van der Waals surface area (Å²) >= 11 is 5.79. The fourth-order valence-electron chi connectivity index (χ4n) is 1.26. The van der Waals surface area contributed by atoms with E-state index in [1.165, 1.54) is 12.1 Å². The second-order valence-corrected chi connectivity index (χ2v) is 3.52. The van der Waals surface area contributed by atoms with E-state index in [0.29, 0.717) is 24.4 Å². The van der Waals surface area contributed by atoms with Gasteiger partial charge in [0.25, 0.3) is 0 Å². The van der Waals surface area contributed by atoms with Gasteiger partial charge >= 0.3 is 0 Å². The summed E-state index contributed by atoms with van der Waals surface area (Å²) < 4.78 is 18.5. The summed E-state index contributed by atoms with van der Waals surface area (Å²) in [7, 11) is 0. The van der Waals surface area contributed by atoms with Crippen LogP contribution in [-0.4, -0.2) is 16.7 Å². The maximum absolute atomic E-state index is 13.2. The minimum absolute atomic E-state index is 0.0227. The molecule has 0 spiro atoms. The van der Waals surface area contributed by atoms with E-state index in [9.17, 15) is 4.39 Å². The second-order valence-electron chi connectivity index (χ2n) is 3.14. The van der Waals surface area contributed by atoms with Crippen LogP contribution in [0.2, 0.25) is 5.02 Å². The lowest BCUT2D eigenvalue weighted by molar-refractivity contribution is 0.506. The van der Waals surface area contributed by atoms with Gasteiger partial charge in [-0.05, 0) is 12.1 Å². The number of rotatable bonds is 3. The molecule has 0 radical (unpaired) electrons. The van der Waals surface area contributed by atoms with E-state index in [2.05, 4.69) is 10.2 Å². The van der Waals surface area contributed by atoms with Crippen LogP contribution in [0.25, 0.3) is 11.5 Å². The number of hydrogen-bond donors (Lipinski definition) is 1. The van der Waals surface area contributed by atoms with E-state index >= 15 is 0 Å². The maximum atomic E-state index is 13.2. The monoisotopic (exact) mass is 241 g/mol. The molecular formula is C10H9ClFN3O. The molecular weight excluding hydrogens is 233 g/mol. The zero-order valence-corrected chi connectivity index (χ0v) is 9.04. The lowest BCUT2D eigenvalue weighted by Crippen LogP contribution is -2.02. The standard InChI is InChI=1S/C10H9ClFN3O/c11-9-6(2-1-3-7(9)12)10-15-14-8(16-10)4-5-13/h1-3H,4-5,13H2. The normalized spacial score (nSPS) is 10.7. The van der Waals surface area contributed by atoms with Crippen LogP contribution < -0.4 is 5.73 Å². The summed E-state index contributed by atoms with van der Waals surface area (Å²) in [5.41, 5.74) is 5.74. The Balaban J connectivity index is 2.39. The van der Waals surface area contributed by atoms with Gasteiger partial charge in [-0.1, -0.05) is 17.7 Å². The topological polar surface area (TPSA) is 64.9 Å². The first-order valence-corrected chi connectivity index (χ1v) is 5.07. The molecule has 0 atom stereocenters. The van der Waals surface area contributed by atoms with Crippen LogP contribution in [0, 0.1) is 5.82 Å². The summed E-state index contributed by atoms with van der Waals surface area (Å²) in [5, 5.41) is 7.54. The van der Waals surface area contributed by atoms with E-state index in [4.69, 9.17) is 21.8 Å². The van der Waals surface area contributed by atoms with Crippen LogP contribution in [0.15, 0.2) is 22.6 Å². The Labute approximate surface area is 96.2 Å². The second kappa shape index (κ2) is 4.59. The van der Waals surface area contributed by atoms with Gasteiger partial charge in [0, 0.05) is 13.0 Å². The minimum Gasteiger partial charge on any atom is -0.421 e. The molecule has 0 aliphatic heterocycles. The van der Waals surface area contributed by atoms with Gasteiger partial charge in [0.2, 0.25) is 11.8 Å². The fourth-order valence-corrected chi connectivity index (χ4v) is 1.46. The van der Waals surface area contributed by atoms with Gasteiger partial charge < -0.3 is 10.2 Å². The maximum Gasteiger partial charge on any atom is 0.249 e. The Morgan fingerprint density at radius 1 is 1.38 bits per heavy atom. The van der Waals surface area contributed by atoms with Crippen molar-refractivity contribution in [3.05, 3.63) is 34.9 Å². The van der Waals surface area contributed by atoms with E-state index in [0.717, 1.165) is 0 Å². The molecule has 1 aromatic heterocycles. The lowest BCUT2D eigenvalue weighted by atomic mass is 10.2. The Hall–Kier alpha value is -1.46. The number of hydrogen-bond acceptors (Lipinski definition) is 4. The molecule has 0 amide bonds. The fraction of sp³-hybridized carbons (Fsp3) is 0.200. The van der Waals surface area contributed by atoms with Crippen LogP contribution in [0.5, 0.6) is 0 Å². The summed E-state index contributed by atoms with van der Waals surface area (Å²) in [6.45, 7) is 0.415.